The third-order valence-electron chi connectivity index (χ3n) is 10.3. The number of ketones is 1. The van der Waals surface area contributed by atoms with Crippen molar-refractivity contribution < 1.29 is 23.9 Å². The van der Waals surface area contributed by atoms with Gasteiger partial charge in [0.05, 0.1) is 6.04 Å². The number of hydrogen-bond acceptors (Lipinski definition) is 8. The highest BCUT2D eigenvalue weighted by atomic mass is 32.1. The molecule has 5 atom stereocenters. The molecule has 10 heteroatoms. The molecule has 0 unspecified atom stereocenters. The molecular formula is C33H52N4O5S. The topological polar surface area (TPSA) is 109 Å². The number of hydrogen-bond donors (Lipinski definition) is 1. The number of Topliss-reactive ketones (excluding diaryl/α,β-unsaturated/α-hetero) is 1. The third-order valence-corrected chi connectivity index (χ3v) is 11.2. The van der Waals surface area contributed by atoms with Crippen molar-refractivity contribution in [3.63, 3.8) is 0 Å². The summed E-state index contributed by atoms with van der Waals surface area (Å²) in [6, 6.07) is -0.389. The number of nitrogens with one attached hydrogen (secondary N) is 1. The zero-order chi connectivity index (χ0) is 31.7. The van der Waals surface area contributed by atoms with E-state index in [2.05, 4.69) is 36.0 Å². The van der Waals surface area contributed by atoms with Gasteiger partial charge in [-0.3, -0.25) is 24.1 Å². The Morgan fingerprint density at radius 3 is 2.42 bits per heavy atom. The molecule has 43 heavy (non-hydrogen) atoms. The monoisotopic (exact) mass is 616 g/mol. The van der Waals surface area contributed by atoms with E-state index in [-0.39, 0.29) is 53.5 Å². The molecule has 2 amide bonds. The Labute approximate surface area is 261 Å². The number of piperidine rings is 1. The fourth-order valence-corrected chi connectivity index (χ4v) is 8.68. The highest BCUT2D eigenvalue weighted by Gasteiger charge is 2.65. The first-order valence-electron chi connectivity index (χ1n) is 16.1. The highest BCUT2D eigenvalue weighted by Crippen LogP contribution is 2.66. The van der Waals surface area contributed by atoms with E-state index < -0.39 is 18.0 Å². The molecule has 2 bridgehead atoms. The van der Waals surface area contributed by atoms with E-state index in [0.717, 1.165) is 51.5 Å². The molecule has 1 saturated heterocycles. The normalized spacial score (nSPS) is 27.7. The van der Waals surface area contributed by atoms with E-state index in [9.17, 15) is 19.2 Å². The molecule has 3 aliphatic carbocycles. The molecule has 0 spiro atoms. The molecule has 5 rings (SSSR count). The summed E-state index contributed by atoms with van der Waals surface area (Å²) in [6.45, 7) is 12.7. The zero-order valence-corrected chi connectivity index (χ0v) is 28.2. The number of likely N-dealkylation sites (tertiary alicyclic amines) is 1. The molecule has 0 aromatic carbocycles. The number of carbonyl (C=O) groups is 4. The van der Waals surface area contributed by atoms with Crippen molar-refractivity contribution in [2.75, 3.05) is 20.6 Å². The van der Waals surface area contributed by atoms with Gasteiger partial charge in [0.15, 0.2) is 11.9 Å². The number of aromatic nitrogens is 1. The number of nitrogens with zero attached hydrogens (tertiary/aromatic N) is 3. The maximum Gasteiger partial charge on any atom is 0.303 e. The van der Waals surface area contributed by atoms with Gasteiger partial charge in [0.2, 0.25) is 5.91 Å². The number of esters is 1. The summed E-state index contributed by atoms with van der Waals surface area (Å²) in [7, 11) is 3.80. The van der Waals surface area contributed by atoms with Crippen molar-refractivity contribution in [3.8, 4) is 0 Å². The van der Waals surface area contributed by atoms with Crippen LogP contribution in [0.25, 0.3) is 0 Å². The standard InChI is InChI=1S/C33H52N4O5S/c1-9-21(4)23(14-27(39)25-12-10-11-13-36(25)7)31(41)37(8)26(20(2)3)15-28(42-22(5)38)30-34-24(16-43-30)29(40)35-33-17-32(6,18-33)19-33/h16,20-21,23,25-26,28H,9-15,17-19H2,1-8H3,(H,35,40)/t21-,23-,25+,26+,28+,32?,33?/m0/s1. The predicted molar refractivity (Wildman–Crippen MR) is 168 cm³/mol. The van der Waals surface area contributed by atoms with Gasteiger partial charge in [-0.05, 0) is 62.9 Å². The largest absolute Gasteiger partial charge is 0.455 e. The van der Waals surface area contributed by atoms with Gasteiger partial charge in [-0.15, -0.1) is 11.3 Å². The number of amides is 2. The minimum atomic E-state index is -0.694. The van der Waals surface area contributed by atoms with Crippen molar-refractivity contribution in [3.05, 3.63) is 16.1 Å². The molecule has 3 saturated carbocycles. The van der Waals surface area contributed by atoms with Gasteiger partial charge in [0, 0.05) is 49.7 Å². The average molecular weight is 617 g/mol. The Bertz CT molecular complexity index is 1180. The first kappa shape index (κ1) is 33.6. The predicted octanol–water partition coefficient (Wildman–Crippen LogP) is 5.40. The fourth-order valence-electron chi connectivity index (χ4n) is 7.85. The summed E-state index contributed by atoms with van der Waals surface area (Å²) in [5.41, 5.74) is 0.626. The van der Waals surface area contributed by atoms with Crippen LogP contribution in [0.5, 0.6) is 0 Å². The summed E-state index contributed by atoms with van der Waals surface area (Å²) < 4.78 is 5.76. The van der Waals surface area contributed by atoms with Crippen LogP contribution in [0.15, 0.2) is 5.38 Å². The number of ether oxygens (including phenoxy) is 1. The Morgan fingerprint density at radius 2 is 1.86 bits per heavy atom. The molecule has 4 aliphatic rings. The van der Waals surface area contributed by atoms with Crippen LogP contribution in [0, 0.1) is 23.2 Å². The Kier molecular flexibility index (Phi) is 10.4. The van der Waals surface area contributed by atoms with Crippen LogP contribution in [-0.4, -0.2) is 76.6 Å². The molecule has 1 aromatic heterocycles. The zero-order valence-electron chi connectivity index (χ0n) is 27.4. The van der Waals surface area contributed by atoms with Crippen molar-refractivity contribution in [2.24, 2.45) is 23.2 Å². The molecular weight excluding hydrogens is 564 g/mol. The van der Waals surface area contributed by atoms with Crippen LogP contribution in [-0.2, 0) is 19.1 Å². The summed E-state index contributed by atoms with van der Waals surface area (Å²) in [6.07, 6.45) is 6.70. The summed E-state index contributed by atoms with van der Waals surface area (Å²) >= 11 is 1.30. The second kappa shape index (κ2) is 13.3. The van der Waals surface area contributed by atoms with Gasteiger partial charge in [0.1, 0.15) is 10.7 Å². The number of likely N-dealkylation sites (N-methyl/N-ethyl adjacent to an activating group) is 1. The molecule has 240 valence electrons. The molecule has 1 N–H and O–H groups in total. The number of rotatable bonds is 14. The maximum atomic E-state index is 14.1. The lowest BCUT2D eigenvalue weighted by atomic mass is 9.40. The number of carbonyl (C=O) groups excluding carboxylic acids is 4. The summed E-state index contributed by atoms with van der Waals surface area (Å²) in [5.74, 6) is -0.845. The van der Waals surface area contributed by atoms with Crippen molar-refractivity contribution in [2.45, 2.75) is 123 Å². The Balaban J connectivity index is 1.48. The van der Waals surface area contributed by atoms with Gasteiger partial charge >= 0.3 is 5.97 Å². The molecule has 9 nitrogen and oxygen atoms in total. The summed E-state index contributed by atoms with van der Waals surface area (Å²) in [5, 5.41) is 5.44. The van der Waals surface area contributed by atoms with Crippen molar-refractivity contribution in [1.82, 2.24) is 20.1 Å². The molecule has 1 aliphatic heterocycles. The van der Waals surface area contributed by atoms with E-state index in [1.165, 1.54) is 18.3 Å². The third kappa shape index (κ3) is 7.49. The Morgan fingerprint density at radius 1 is 1.19 bits per heavy atom. The second-order valence-corrected chi connectivity index (χ2v) is 15.3. The van der Waals surface area contributed by atoms with Crippen LogP contribution in [0.3, 0.4) is 0 Å². The maximum absolute atomic E-state index is 14.1. The van der Waals surface area contributed by atoms with Crippen LogP contribution in [0.2, 0.25) is 0 Å². The van der Waals surface area contributed by atoms with Crippen molar-refractivity contribution in [1.29, 1.82) is 0 Å². The van der Waals surface area contributed by atoms with Gasteiger partial charge in [-0.1, -0.05) is 47.5 Å². The van der Waals surface area contributed by atoms with E-state index in [1.54, 1.807) is 17.3 Å². The minimum Gasteiger partial charge on any atom is -0.455 e. The van der Waals surface area contributed by atoms with E-state index in [0.29, 0.717) is 22.5 Å². The average Bonchev–Trinajstić information content (AvgIpc) is 3.41. The highest BCUT2D eigenvalue weighted by molar-refractivity contribution is 7.09. The summed E-state index contributed by atoms with van der Waals surface area (Å²) in [4.78, 5) is 61.2. The Hall–Kier alpha value is -2.33. The van der Waals surface area contributed by atoms with Crippen molar-refractivity contribution >= 4 is 34.9 Å². The molecule has 2 heterocycles. The molecule has 1 aromatic rings. The van der Waals surface area contributed by atoms with Crippen LogP contribution in [0.4, 0.5) is 0 Å². The lowest BCUT2D eigenvalue weighted by Gasteiger charge is -2.69. The lowest BCUT2D eigenvalue weighted by Crippen LogP contribution is -2.73. The molecule has 4 fully saturated rings. The SMILES string of the molecule is CC[C@H](C)[C@H](CC(=O)[C@H]1CCCCN1C)C(=O)N(C)[C@H](C[C@@H](OC(C)=O)c1nc(C(=O)NC23CC(C)(C2)C3)cs1)C(C)C. The first-order valence-corrected chi connectivity index (χ1v) is 17.0. The van der Waals surface area contributed by atoms with E-state index in [4.69, 9.17) is 4.74 Å². The van der Waals surface area contributed by atoms with Gasteiger partial charge < -0.3 is 15.0 Å². The quantitative estimate of drug-likeness (QED) is 0.279. The van der Waals surface area contributed by atoms with Crippen LogP contribution in [0.1, 0.15) is 121 Å². The smallest absolute Gasteiger partial charge is 0.303 e. The second-order valence-electron chi connectivity index (χ2n) is 14.4. The van der Waals surface area contributed by atoms with Gasteiger partial charge in [-0.2, -0.15) is 0 Å². The van der Waals surface area contributed by atoms with Gasteiger partial charge in [0.25, 0.3) is 5.91 Å². The lowest BCUT2D eigenvalue weighted by molar-refractivity contribution is -0.149. The van der Waals surface area contributed by atoms with E-state index >= 15 is 0 Å². The number of thiazole rings is 1. The molecule has 0 radical (unpaired) electrons. The van der Waals surface area contributed by atoms with Crippen LogP contribution >= 0.6 is 11.3 Å². The van der Waals surface area contributed by atoms with E-state index in [1.807, 2.05) is 20.9 Å². The first-order chi connectivity index (χ1) is 20.2. The minimum absolute atomic E-state index is 0.0482. The van der Waals surface area contributed by atoms with Crippen LogP contribution < -0.4 is 5.32 Å². The van der Waals surface area contributed by atoms with Gasteiger partial charge in [-0.25, -0.2) is 4.98 Å². The fraction of sp³-hybridized carbons (Fsp3) is 0.788.